The topological polar surface area (TPSA) is 17.1 Å². The van der Waals surface area contributed by atoms with Crippen LogP contribution in [-0.4, -0.2) is 16.2 Å². The van der Waals surface area contributed by atoms with E-state index in [0.717, 1.165) is 0 Å². The first-order chi connectivity index (χ1) is 1.00. The molecule has 0 aliphatic rings. The minimum Gasteiger partial charge on any atom is 0 e. The van der Waals surface area contributed by atoms with E-state index in [1.807, 2.05) is 0 Å². The van der Waals surface area contributed by atoms with Gasteiger partial charge in [-0.25, -0.2) is 0 Å². The molecule has 0 rings (SSSR count). The largest absolute Gasteiger partial charge is 0 e. The summed E-state index contributed by atoms with van der Waals surface area (Å²) in [5, 5.41) is 0. The maximum absolute atomic E-state index is 8.28. The minimum atomic E-state index is 0. The standard InChI is InChI=1S/Al.Co.O.Zn.H. The average Bonchev–Trinajstić information content (AvgIpc) is 1.00. The Balaban J connectivity index is -0.00000000500. The molecular formula is HAlCoOZn. The molecule has 4 heteroatoms. The van der Waals surface area contributed by atoms with E-state index in [1.165, 1.54) is 0 Å². The Bertz CT molecular complexity index is 8.00. The molecule has 0 aromatic carbocycles. The summed E-state index contributed by atoms with van der Waals surface area (Å²) in [6, 6.07) is 0. The van der Waals surface area contributed by atoms with E-state index in [0.29, 0.717) is 16.2 Å². The van der Waals surface area contributed by atoms with E-state index in [2.05, 4.69) is 0 Å². The van der Waals surface area contributed by atoms with Gasteiger partial charge in [0.25, 0.3) is 0 Å². The van der Waals surface area contributed by atoms with Crippen LogP contribution in [0.15, 0.2) is 0 Å². The first-order valence-electron chi connectivity index (χ1n) is 0.289. The predicted octanol–water partition coefficient (Wildman–Crippen LogP) is -0.772. The van der Waals surface area contributed by atoms with Gasteiger partial charge in [-0.1, -0.05) is 0 Å². The van der Waals surface area contributed by atoms with Crippen molar-refractivity contribution in [3.05, 3.63) is 0 Å². The molecule has 0 aromatic rings. The van der Waals surface area contributed by atoms with Gasteiger partial charge in [-0.3, -0.25) is 0 Å². The van der Waals surface area contributed by atoms with Gasteiger partial charge in [-0.15, -0.1) is 0 Å². The SMILES string of the molecule is [Co].[O]=[AlH].[Zn]. The second kappa shape index (κ2) is 25.0. The van der Waals surface area contributed by atoms with Crippen LogP contribution in [0, 0.1) is 0 Å². The summed E-state index contributed by atoms with van der Waals surface area (Å²) >= 11 is 0.611. The van der Waals surface area contributed by atoms with Crippen molar-refractivity contribution in [2.75, 3.05) is 0 Å². The van der Waals surface area contributed by atoms with Crippen LogP contribution >= 0.6 is 0 Å². The Morgan fingerprint density at radius 1 is 1.25 bits per heavy atom. The van der Waals surface area contributed by atoms with Crippen LogP contribution in [-0.2, 0) is 40.1 Å². The van der Waals surface area contributed by atoms with Crippen LogP contribution in [0.4, 0.5) is 0 Å². The molecule has 0 heterocycles. The molecule has 0 N–H and O–H groups in total. The van der Waals surface area contributed by atoms with E-state index < -0.39 is 0 Å². The van der Waals surface area contributed by atoms with E-state index in [9.17, 15) is 0 Å². The van der Waals surface area contributed by atoms with Crippen LogP contribution < -0.4 is 0 Å². The molecule has 0 bridgehead atoms. The van der Waals surface area contributed by atoms with Gasteiger partial charge < -0.3 is 0 Å². The van der Waals surface area contributed by atoms with Crippen LogP contribution in [0.3, 0.4) is 0 Å². The van der Waals surface area contributed by atoms with E-state index in [1.54, 1.807) is 0 Å². The van der Waals surface area contributed by atoms with Gasteiger partial charge in [0, 0.05) is 36.3 Å². The van der Waals surface area contributed by atoms with Crippen LogP contribution in [0.5, 0.6) is 0 Å². The predicted molar refractivity (Wildman–Crippen MR) is 7.84 cm³/mol. The van der Waals surface area contributed by atoms with Gasteiger partial charge in [0.15, 0.2) is 0 Å². The van der Waals surface area contributed by atoms with Gasteiger partial charge in [-0.05, 0) is 0 Å². The minimum absolute atomic E-state index is 0. The molecule has 0 aromatic heterocycles. The zero-order valence-corrected chi connectivity index (χ0v) is 7.58. The molecule has 0 fully saturated rings. The monoisotopic (exact) mass is 167 g/mol. The maximum atomic E-state index is 8.28. The summed E-state index contributed by atoms with van der Waals surface area (Å²) in [6.45, 7) is 0. The second-order valence-electron chi connectivity index (χ2n) is 0. The Kier molecular flexibility index (Phi) is 112. The first-order valence-corrected chi connectivity index (χ1v) is 0.866. The normalized spacial score (nSPS) is 0.750. The van der Waals surface area contributed by atoms with Crippen molar-refractivity contribution in [1.82, 2.24) is 0 Å². The molecule has 4 heavy (non-hydrogen) atoms. The third-order valence-corrected chi connectivity index (χ3v) is 0. The molecular weight excluding hydrogens is 167 g/mol. The third kappa shape index (κ3) is 9.82. The second-order valence-corrected chi connectivity index (χ2v) is 0. The van der Waals surface area contributed by atoms with Gasteiger partial charge >= 0.3 is 20.0 Å². The van der Waals surface area contributed by atoms with Crippen molar-refractivity contribution in [3.8, 4) is 0 Å². The van der Waals surface area contributed by atoms with E-state index in [4.69, 9.17) is 3.80 Å². The summed E-state index contributed by atoms with van der Waals surface area (Å²) in [4.78, 5) is 0. The van der Waals surface area contributed by atoms with Crippen LogP contribution in [0.2, 0.25) is 0 Å². The molecule has 0 spiro atoms. The molecule has 0 unspecified atom stereocenters. The Hall–Kier alpha value is 1.46. The fourth-order valence-corrected chi connectivity index (χ4v) is 0. The maximum Gasteiger partial charge on any atom is 0 e. The first kappa shape index (κ1) is 17.9. The molecule has 1 radical (unpaired) electrons. The van der Waals surface area contributed by atoms with Crippen molar-refractivity contribution < 1.29 is 40.1 Å². The summed E-state index contributed by atoms with van der Waals surface area (Å²) in [5.41, 5.74) is 0. The van der Waals surface area contributed by atoms with E-state index >= 15 is 0 Å². The smallest absolute Gasteiger partial charge is 0 e. The number of hydrogen-bond acceptors (Lipinski definition) is 1. The van der Waals surface area contributed by atoms with Crippen LogP contribution in [0.25, 0.3) is 0 Å². The Morgan fingerprint density at radius 3 is 1.25 bits per heavy atom. The molecule has 0 saturated heterocycles. The Morgan fingerprint density at radius 2 is 1.25 bits per heavy atom. The molecule has 0 aliphatic carbocycles. The summed E-state index contributed by atoms with van der Waals surface area (Å²) in [7, 11) is 0. The van der Waals surface area contributed by atoms with Crippen molar-refractivity contribution >= 4 is 16.2 Å². The number of hydrogen-bond donors (Lipinski definition) is 0. The molecule has 0 amide bonds. The van der Waals surface area contributed by atoms with Crippen molar-refractivity contribution in [2.24, 2.45) is 0 Å². The molecule has 0 saturated carbocycles. The summed E-state index contributed by atoms with van der Waals surface area (Å²) in [5.74, 6) is 0. The Labute approximate surface area is 56.1 Å². The molecule has 0 aliphatic heterocycles. The molecule has 1 nitrogen and oxygen atoms in total. The summed E-state index contributed by atoms with van der Waals surface area (Å²) in [6.07, 6.45) is 0. The quantitative estimate of drug-likeness (QED) is 0.434. The third-order valence-electron chi connectivity index (χ3n) is 0. The molecule has 21 valence electrons. The zero-order valence-electron chi connectivity index (χ0n) is 2.16. The average molecular weight is 168 g/mol. The summed E-state index contributed by atoms with van der Waals surface area (Å²) < 4.78 is 8.28. The van der Waals surface area contributed by atoms with Gasteiger partial charge in [0.1, 0.15) is 0 Å². The molecule has 0 atom stereocenters. The fourth-order valence-electron chi connectivity index (χ4n) is 0. The van der Waals surface area contributed by atoms with Crippen molar-refractivity contribution in [1.29, 1.82) is 0 Å². The van der Waals surface area contributed by atoms with Gasteiger partial charge in [-0.2, -0.15) is 0 Å². The van der Waals surface area contributed by atoms with Crippen molar-refractivity contribution in [3.63, 3.8) is 0 Å². The zero-order chi connectivity index (χ0) is 2.00. The van der Waals surface area contributed by atoms with Gasteiger partial charge in [0.05, 0.1) is 0 Å². The van der Waals surface area contributed by atoms with Crippen LogP contribution in [0.1, 0.15) is 0 Å². The van der Waals surface area contributed by atoms with Gasteiger partial charge in [0.2, 0.25) is 0 Å². The number of rotatable bonds is 0. The van der Waals surface area contributed by atoms with E-state index in [-0.39, 0.29) is 36.3 Å². The van der Waals surface area contributed by atoms with Crippen molar-refractivity contribution in [2.45, 2.75) is 0 Å². The fraction of sp³-hybridized carbons (Fsp3) is 0.